The van der Waals surface area contributed by atoms with Crippen molar-refractivity contribution in [3.63, 3.8) is 0 Å². The van der Waals surface area contributed by atoms with Gasteiger partial charge in [0.25, 0.3) is 0 Å². The second-order valence-corrected chi connectivity index (χ2v) is 7.90. The fourth-order valence-corrected chi connectivity index (χ4v) is 3.96. The van der Waals surface area contributed by atoms with Crippen molar-refractivity contribution in [1.29, 1.82) is 0 Å². The Kier molecular flexibility index (Phi) is 5.45. The average Bonchev–Trinajstić information content (AvgIpc) is 3.07. The standard InChI is InChI=1S/C12H18N4O3S2/c1-9(2)13-7-10-3-4-12(20-10)21(17,18)16-6-5-11-14-8-15-19-11/h3-4,8-9,13,16H,5-7H2,1-2H3. The Labute approximate surface area is 127 Å². The number of sulfonamides is 1. The topological polar surface area (TPSA) is 97.1 Å². The summed E-state index contributed by atoms with van der Waals surface area (Å²) in [4.78, 5) is 4.82. The van der Waals surface area contributed by atoms with Gasteiger partial charge in [-0.15, -0.1) is 11.3 Å². The molecule has 0 aliphatic heterocycles. The van der Waals surface area contributed by atoms with E-state index in [1.54, 1.807) is 6.07 Å². The minimum absolute atomic E-state index is 0.224. The lowest BCUT2D eigenvalue weighted by Crippen LogP contribution is -2.25. The van der Waals surface area contributed by atoms with Crippen LogP contribution in [-0.2, 0) is 23.0 Å². The van der Waals surface area contributed by atoms with Crippen molar-refractivity contribution in [2.24, 2.45) is 0 Å². The van der Waals surface area contributed by atoms with E-state index in [2.05, 4.69) is 20.2 Å². The number of hydrogen-bond acceptors (Lipinski definition) is 7. The summed E-state index contributed by atoms with van der Waals surface area (Å²) in [6.07, 6.45) is 1.66. The van der Waals surface area contributed by atoms with Gasteiger partial charge in [0.1, 0.15) is 4.21 Å². The SMILES string of the molecule is CC(C)NCc1ccc(S(=O)(=O)NCCc2ncno2)s1. The summed E-state index contributed by atoms with van der Waals surface area (Å²) >= 11 is 1.27. The predicted octanol–water partition coefficient (Wildman–Crippen LogP) is 1.15. The molecule has 0 aromatic carbocycles. The fourth-order valence-electron chi connectivity index (χ4n) is 1.57. The van der Waals surface area contributed by atoms with Crippen LogP contribution in [0.5, 0.6) is 0 Å². The molecule has 0 fully saturated rings. The zero-order valence-electron chi connectivity index (χ0n) is 11.9. The minimum atomic E-state index is -3.48. The van der Waals surface area contributed by atoms with Crippen LogP contribution in [0.2, 0.25) is 0 Å². The van der Waals surface area contributed by atoms with E-state index in [4.69, 9.17) is 4.52 Å². The monoisotopic (exact) mass is 330 g/mol. The number of rotatable bonds is 8. The molecule has 9 heteroatoms. The third-order valence-electron chi connectivity index (χ3n) is 2.62. The molecule has 2 rings (SSSR count). The van der Waals surface area contributed by atoms with E-state index in [0.29, 0.717) is 29.1 Å². The molecule has 0 amide bonds. The molecule has 0 spiro atoms. The summed E-state index contributed by atoms with van der Waals surface area (Å²) in [6.45, 7) is 4.98. The molecule has 0 aliphatic rings. The van der Waals surface area contributed by atoms with Gasteiger partial charge < -0.3 is 9.84 Å². The molecule has 2 aromatic heterocycles. The summed E-state index contributed by atoms with van der Waals surface area (Å²) in [5.41, 5.74) is 0. The Hall–Kier alpha value is -1.29. The highest BCUT2D eigenvalue weighted by molar-refractivity contribution is 7.91. The first-order chi connectivity index (χ1) is 9.97. The Morgan fingerprint density at radius 2 is 2.19 bits per heavy atom. The van der Waals surface area contributed by atoms with Crippen molar-refractivity contribution in [1.82, 2.24) is 20.2 Å². The number of thiophene rings is 1. The molecule has 2 N–H and O–H groups in total. The van der Waals surface area contributed by atoms with E-state index < -0.39 is 10.0 Å². The lowest BCUT2D eigenvalue weighted by atomic mass is 10.4. The molecule has 0 radical (unpaired) electrons. The first kappa shape index (κ1) is 16.1. The third-order valence-corrected chi connectivity index (χ3v) is 5.66. The predicted molar refractivity (Wildman–Crippen MR) is 79.5 cm³/mol. The highest BCUT2D eigenvalue weighted by Crippen LogP contribution is 2.21. The minimum Gasteiger partial charge on any atom is -0.340 e. The zero-order chi connectivity index (χ0) is 15.3. The van der Waals surface area contributed by atoms with Crippen molar-refractivity contribution in [2.75, 3.05) is 6.54 Å². The second-order valence-electron chi connectivity index (χ2n) is 4.74. The fraction of sp³-hybridized carbons (Fsp3) is 0.500. The molecule has 7 nitrogen and oxygen atoms in total. The van der Waals surface area contributed by atoms with E-state index in [1.807, 2.05) is 19.9 Å². The average molecular weight is 330 g/mol. The lowest BCUT2D eigenvalue weighted by Gasteiger charge is -2.05. The Morgan fingerprint density at radius 1 is 1.38 bits per heavy atom. The van der Waals surface area contributed by atoms with Crippen LogP contribution in [0.1, 0.15) is 24.6 Å². The summed E-state index contributed by atoms with van der Waals surface area (Å²) in [5, 5.41) is 6.72. The largest absolute Gasteiger partial charge is 0.340 e. The molecular formula is C12H18N4O3S2. The maximum absolute atomic E-state index is 12.1. The van der Waals surface area contributed by atoms with Gasteiger partial charge >= 0.3 is 0 Å². The van der Waals surface area contributed by atoms with Gasteiger partial charge in [0.05, 0.1) is 0 Å². The van der Waals surface area contributed by atoms with E-state index in [9.17, 15) is 8.42 Å². The van der Waals surface area contributed by atoms with E-state index in [0.717, 1.165) is 4.88 Å². The third kappa shape index (κ3) is 4.88. The van der Waals surface area contributed by atoms with Crippen molar-refractivity contribution in [3.8, 4) is 0 Å². The second kappa shape index (κ2) is 7.12. The molecule has 2 aromatic rings. The normalized spacial score (nSPS) is 12.1. The molecule has 2 heterocycles. The molecule has 0 saturated heterocycles. The number of nitrogens with zero attached hydrogens (tertiary/aromatic N) is 2. The van der Waals surface area contributed by atoms with E-state index in [1.165, 1.54) is 17.7 Å². The number of nitrogens with one attached hydrogen (secondary N) is 2. The number of aromatic nitrogens is 2. The van der Waals surface area contributed by atoms with Crippen LogP contribution in [-0.4, -0.2) is 31.1 Å². The maximum Gasteiger partial charge on any atom is 0.250 e. The molecule has 21 heavy (non-hydrogen) atoms. The molecule has 0 saturated carbocycles. The van der Waals surface area contributed by atoms with Crippen LogP contribution in [0.15, 0.2) is 27.2 Å². The van der Waals surface area contributed by atoms with Crippen LogP contribution in [0.3, 0.4) is 0 Å². The van der Waals surface area contributed by atoms with Gasteiger partial charge in [-0.3, -0.25) is 0 Å². The number of hydrogen-bond donors (Lipinski definition) is 2. The quantitative estimate of drug-likeness (QED) is 0.753. The van der Waals surface area contributed by atoms with Gasteiger partial charge in [-0.25, -0.2) is 13.1 Å². The molecule has 0 bridgehead atoms. The summed E-state index contributed by atoms with van der Waals surface area (Å²) < 4.78 is 31.9. The zero-order valence-corrected chi connectivity index (χ0v) is 13.5. The van der Waals surface area contributed by atoms with Gasteiger partial charge in [0.2, 0.25) is 15.9 Å². The van der Waals surface area contributed by atoms with Crippen LogP contribution < -0.4 is 10.0 Å². The maximum atomic E-state index is 12.1. The Bertz CT molecular complexity index is 650. The van der Waals surface area contributed by atoms with Crippen molar-refractivity contribution in [2.45, 2.75) is 37.1 Å². The Morgan fingerprint density at radius 3 is 2.86 bits per heavy atom. The smallest absolute Gasteiger partial charge is 0.250 e. The molecule has 0 atom stereocenters. The van der Waals surface area contributed by atoms with Gasteiger partial charge in [-0.05, 0) is 12.1 Å². The van der Waals surface area contributed by atoms with Gasteiger partial charge in [0.15, 0.2) is 6.33 Å². The molecule has 0 unspecified atom stereocenters. The highest BCUT2D eigenvalue weighted by Gasteiger charge is 2.16. The van der Waals surface area contributed by atoms with Crippen molar-refractivity contribution in [3.05, 3.63) is 29.2 Å². The van der Waals surface area contributed by atoms with Crippen molar-refractivity contribution >= 4 is 21.4 Å². The van der Waals surface area contributed by atoms with E-state index in [-0.39, 0.29) is 6.54 Å². The van der Waals surface area contributed by atoms with Crippen LogP contribution in [0.4, 0.5) is 0 Å². The Balaban J connectivity index is 1.89. The summed E-state index contributed by atoms with van der Waals surface area (Å²) in [6, 6.07) is 3.81. The van der Waals surface area contributed by atoms with Gasteiger partial charge in [0, 0.05) is 30.4 Å². The molecular weight excluding hydrogens is 312 g/mol. The molecule has 0 aliphatic carbocycles. The highest BCUT2D eigenvalue weighted by atomic mass is 32.2. The lowest BCUT2D eigenvalue weighted by molar-refractivity contribution is 0.377. The summed E-state index contributed by atoms with van der Waals surface area (Å²) in [7, 11) is -3.48. The first-order valence-corrected chi connectivity index (χ1v) is 8.84. The van der Waals surface area contributed by atoms with Crippen molar-refractivity contribution < 1.29 is 12.9 Å². The van der Waals surface area contributed by atoms with Crippen LogP contribution in [0.25, 0.3) is 0 Å². The first-order valence-electron chi connectivity index (χ1n) is 6.54. The van der Waals surface area contributed by atoms with Crippen LogP contribution >= 0.6 is 11.3 Å². The van der Waals surface area contributed by atoms with Gasteiger partial charge in [-0.2, -0.15) is 4.98 Å². The molecule has 116 valence electrons. The van der Waals surface area contributed by atoms with Crippen LogP contribution in [0, 0.1) is 0 Å². The van der Waals surface area contributed by atoms with E-state index >= 15 is 0 Å². The summed E-state index contributed by atoms with van der Waals surface area (Å²) in [5.74, 6) is 0.408. The van der Waals surface area contributed by atoms with Gasteiger partial charge in [-0.1, -0.05) is 19.0 Å².